The molecule has 12 heavy (non-hydrogen) atoms. The first-order chi connectivity index (χ1) is 5.51. The smallest absolute Gasteiger partial charge is 0.160 e. The maximum atomic E-state index is 10.4. The van der Waals surface area contributed by atoms with E-state index in [2.05, 4.69) is 20.8 Å². The van der Waals surface area contributed by atoms with Crippen molar-refractivity contribution in [3.05, 3.63) is 17.0 Å². The molecule has 0 N–H and O–H groups in total. The van der Waals surface area contributed by atoms with E-state index < -0.39 is 0 Å². The fourth-order valence-electron chi connectivity index (χ4n) is 0.754. The second-order valence-electron chi connectivity index (χ2n) is 3.49. The lowest BCUT2D eigenvalue weighted by molar-refractivity contribution is 0.112. The summed E-state index contributed by atoms with van der Waals surface area (Å²) in [5, 5.41) is 0. The van der Waals surface area contributed by atoms with Gasteiger partial charge in [0, 0.05) is 4.75 Å². The number of carbonyl (C=O) groups excluding carboxylic acids is 1. The zero-order chi connectivity index (χ0) is 9.19. The summed E-state index contributed by atoms with van der Waals surface area (Å²) in [6.07, 6.45) is 0.900. The van der Waals surface area contributed by atoms with Gasteiger partial charge in [0.25, 0.3) is 0 Å². The van der Waals surface area contributed by atoms with Crippen molar-refractivity contribution in [2.45, 2.75) is 29.7 Å². The molecule has 0 saturated carbocycles. The van der Waals surface area contributed by atoms with Crippen LogP contribution < -0.4 is 0 Å². The Labute approximate surface area is 81.2 Å². The van der Waals surface area contributed by atoms with Gasteiger partial charge in [0.05, 0.1) is 9.09 Å². The van der Waals surface area contributed by atoms with Crippen LogP contribution in [0.4, 0.5) is 0 Å². The van der Waals surface area contributed by atoms with Crippen LogP contribution in [0.3, 0.4) is 0 Å². The summed E-state index contributed by atoms with van der Waals surface area (Å²) in [7, 11) is 0. The summed E-state index contributed by atoms with van der Waals surface area (Å²) < 4.78 is 1.44. The fourth-order valence-corrected chi connectivity index (χ4v) is 3.25. The molecule has 0 atom stereocenters. The van der Waals surface area contributed by atoms with E-state index in [0.717, 1.165) is 11.2 Å². The number of carbonyl (C=O) groups is 1. The normalized spacial score (nSPS) is 11.6. The van der Waals surface area contributed by atoms with E-state index in [-0.39, 0.29) is 4.75 Å². The molecule has 66 valence electrons. The molecule has 0 aliphatic rings. The minimum absolute atomic E-state index is 0.227. The van der Waals surface area contributed by atoms with Gasteiger partial charge in [-0.15, -0.1) is 23.1 Å². The maximum absolute atomic E-state index is 10.4. The van der Waals surface area contributed by atoms with Crippen molar-refractivity contribution >= 4 is 29.4 Å². The average molecular weight is 200 g/mol. The Hall–Kier alpha value is -0.280. The van der Waals surface area contributed by atoms with E-state index in [1.807, 2.05) is 12.1 Å². The van der Waals surface area contributed by atoms with E-state index in [1.54, 1.807) is 23.1 Å². The van der Waals surface area contributed by atoms with Crippen molar-refractivity contribution in [2.75, 3.05) is 0 Å². The summed E-state index contributed by atoms with van der Waals surface area (Å²) in [6, 6.07) is 3.87. The summed E-state index contributed by atoms with van der Waals surface area (Å²) >= 11 is 3.35. The first kappa shape index (κ1) is 9.81. The standard InChI is InChI=1S/C9H12OS2/c1-9(2,3)12-8-5-4-7(6-10)11-8/h4-6H,1-3H3. The van der Waals surface area contributed by atoms with Crippen LogP contribution in [0.2, 0.25) is 0 Å². The minimum atomic E-state index is 0.227. The second-order valence-corrected chi connectivity index (χ2v) is 6.73. The number of hydrogen-bond acceptors (Lipinski definition) is 3. The van der Waals surface area contributed by atoms with Crippen LogP contribution in [0.25, 0.3) is 0 Å². The largest absolute Gasteiger partial charge is 0.297 e. The highest BCUT2D eigenvalue weighted by Gasteiger charge is 2.13. The Bertz CT molecular complexity index is 270. The summed E-state index contributed by atoms with van der Waals surface area (Å²) in [5.41, 5.74) is 0. The zero-order valence-electron chi connectivity index (χ0n) is 7.46. The van der Waals surface area contributed by atoms with Crippen LogP contribution in [-0.2, 0) is 0 Å². The lowest BCUT2D eigenvalue weighted by atomic mass is 10.3. The number of thioether (sulfide) groups is 1. The number of aldehydes is 1. The third-order valence-corrected chi connectivity index (χ3v) is 3.38. The van der Waals surface area contributed by atoms with Gasteiger partial charge in [0.15, 0.2) is 6.29 Å². The van der Waals surface area contributed by atoms with Gasteiger partial charge in [-0.05, 0) is 12.1 Å². The minimum Gasteiger partial charge on any atom is -0.297 e. The Balaban J connectivity index is 2.70. The molecule has 0 saturated heterocycles. The summed E-state index contributed by atoms with van der Waals surface area (Å²) in [4.78, 5) is 11.2. The molecule has 1 nitrogen and oxygen atoms in total. The molecule has 1 aromatic heterocycles. The van der Waals surface area contributed by atoms with Gasteiger partial charge in [-0.1, -0.05) is 20.8 Å². The van der Waals surface area contributed by atoms with Gasteiger partial charge < -0.3 is 0 Å². The van der Waals surface area contributed by atoms with Crippen molar-refractivity contribution in [1.29, 1.82) is 0 Å². The van der Waals surface area contributed by atoms with Gasteiger partial charge in [-0.2, -0.15) is 0 Å². The second kappa shape index (κ2) is 3.62. The molecule has 0 bridgehead atoms. The van der Waals surface area contributed by atoms with E-state index in [9.17, 15) is 4.79 Å². The van der Waals surface area contributed by atoms with Crippen molar-refractivity contribution in [2.24, 2.45) is 0 Å². The maximum Gasteiger partial charge on any atom is 0.160 e. The average Bonchev–Trinajstić information content (AvgIpc) is 2.32. The Morgan fingerprint density at radius 2 is 2.08 bits per heavy atom. The predicted octanol–water partition coefficient (Wildman–Crippen LogP) is 3.45. The Kier molecular flexibility index (Phi) is 2.96. The van der Waals surface area contributed by atoms with Crippen molar-refractivity contribution in [1.82, 2.24) is 0 Å². The van der Waals surface area contributed by atoms with Crippen LogP contribution in [0.1, 0.15) is 30.4 Å². The lowest BCUT2D eigenvalue weighted by Crippen LogP contribution is -2.05. The molecular weight excluding hydrogens is 188 g/mol. The van der Waals surface area contributed by atoms with E-state index >= 15 is 0 Å². The highest BCUT2D eigenvalue weighted by molar-refractivity contribution is 8.02. The highest BCUT2D eigenvalue weighted by atomic mass is 32.2. The van der Waals surface area contributed by atoms with Gasteiger partial charge >= 0.3 is 0 Å². The predicted molar refractivity (Wildman–Crippen MR) is 55.3 cm³/mol. The Morgan fingerprint density at radius 3 is 2.50 bits per heavy atom. The van der Waals surface area contributed by atoms with Crippen molar-refractivity contribution < 1.29 is 4.79 Å². The third kappa shape index (κ3) is 2.99. The number of thiophene rings is 1. The van der Waals surface area contributed by atoms with Crippen LogP contribution in [0.5, 0.6) is 0 Å². The van der Waals surface area contributed by atoms with Gasteiger partial charge in [0.2, 0.25) is 0 Å². The van der Waals surface area contributed by atoms with Crippen LogP contribution in [0, 0.1) is 0 Å². The molecule has 1 aromatic rings. The van der Waals surface area contributed by atoms with Gasteiger partial charge in [-0.25, -0.2) is 0 Å². The molecule has 1 heterocycles. The third-order valence-electron chi connectivity index (χ3n) is 1.13. The molecule has 0 unspecified atom stereocenters. The zero-order valence-corrected chi connectivity index (χ0v) is 9.09. The molecule has 0 spiro atoms. The number of hydrogen-bond donors (Lipinski definition) is 0. The van der Waals surface area contributed by atoms with Gasteiger partial charge in [0.1, 0.15) is 0 Å². The molecule has 0 aromatic carbocycles. The molecule has 0 fully saturated rings. The van der Waals surface area contributed by atoms with Crippen LogP contribution in [0.15, 0.2) is 16.3 Å². The van der Waals surface area contributed by atoms with Crippen LogP contribution in [-0.4, -0.2) is 11.0 Å². The topological polar surface area (TPSA) is 17.1 Å². The highest BCUT2D eigenvalue weighted by Crippen LogP contribution is 2.35. The van der Waals surface area contributed by atoms with Gasteiger partial charge in [-0.3, -0.25) is 4.79 Å². The van der Waals surface area contributed by atoms with Crippen LogP contribution >= 0.6 is 23.1 Å². The van der Waals surface area contributed by atoms with Crippen molar-refractivity contribution in [3.8, 4) is 0 Å². The van der Waals surface area contributed by atoms with Crippen molar-refractivity contribution in [3.63, 3.8) is 0 Å². The fraction of sp³-hybridized carbons (Fsp3) is 0.444. The summed E-state index contributed by atoms with van der Waals surface area (Å²) in [6.45, 7) is 6.49. The molecule has 0 radical (unpaired) electrons. The molecule has 0 amide bonds. The molecule has 0 aliphatic heterocycles. The first-order valence-electron chi connectivity index (χ1n) is 3.75. The first-order valence-corrected chi connectivity index (χ1v) is 5.38. The van der Waals surface area contributed by atoms with E-state index in [0.29, 0.717) is 0 Å². The van der Waals surface area contributed by atoms with E-state index in [4.69, 9.17) is 0 Å². The van der Waals surface area contributed by atoms with E-state index in [1.165, 1.54) is 4.21 Å². The quantitative estimate of drug-likeness (QED) is 0.537. The molecule has 0 aliphatic carbocycles. The lowest BCUT2D eigenvalue weighted by Gasteiger charge is -2.15. The molecule has 3 heteroatoms. The SMILES string of the molecule is CC(C)(C)Sc1ccc(C=O)s1. The summed E-state index contributed by atoms with van der Waals surface area (Å²) in [5.74, 6) is 0. The monoisotopic (exact) mass is 200 g/mol. The Morgan fingerprint density at radius 1 is 1.42 bits per heavy atom. The molecular formula is C9H12OS2. The molecule has 1 rings (SSSR count). The number of rotatable bonds is 2.